The standard InChI is InChI=1S/C17H23N3O2/c21-16-12-19-17(22)20(16)10-9-18-15-8-4-7-14(15)11-13-5-2-1-3-6-13/h1-3,5-6,14-15,18H,4,7-12H2,(H,19,22)/t14-,15-/m1/s1. The van der Waals surface area contributed by atoms with Crippen molar-refractivity contribution in [3.05, 3.63) is 35.9 Å². The fourth-order valence-corrected chi connectivity index (χ4v) is 3.51. The van der Waals surface area contributed by atoms with Gasteiger partial charge in [0.05, 0.1) is 6.54 Å². The average molecular weight is 301 g/mol. The van der Waals surface area contributed by atoms with Gasteiger partial charge in [-0.15, -0.1) is 0 Å². The van der Waals surface area contributed by atoms with Crippen molar-refractivity contribution in [2.24, 2.45) is 5.92 Å². The number of nitrogens with zero attached hydrogens (tertiary/aromatic N) is 1. The third-order valence-electron chi connectivity index (χ3n) is 4.68. The highest BCUT2D eigenvalue weighted by Gasteiger charge is 2.30. The molecular weight excluding hydrogens is 278 g/mol. The van der Waals surface area contributed by atoms with Crippen LogP contribution in [0.25, 0.3) is 0 Å². The van der Waals surface area contributed by atoms with Crippen molar-refractivity contribution < 1.29 is 9.59 Å². The Morgan fingerprint density at radius 2 is 2.00 bits per heavy atom. The highest BCUT2D eigenvalue weighted by molar-refractivity contribution is 6.01. The van der Waals surface area contributed by atoms with E-state index in [4.69, 9.17) is 0 Å². The summed E-state index contributed by atoms with van der Waals surface area (Å²) in [6.45, 7) is 1.27. The lowest BCUT2D eigenvalue weighted by molar-refractivity contribution is -0.124. The van der Waals surface area contributed by atoms with Crippen molar-refractivity contribution in [3.63, 3.8) is 0 Å². The second kappa shape index (κ2) is 6.92. The van der Waals surface area contributed by atoms with Crippen LogP contribution in [0, 0.1) is 5.92 Å². The maximum Gasteiger partial charge on any atom is 0.324 e. The summed E-state index contributed by atoms with van der Waals surface area (Å²) in [5.74, 6) is 0.518. The second-order valence-corrected chi connectivity index (χ2v) is 6.15. The topological polar surface area (TPSA) is 61.4 Å². The van der Waals surface area contributed by atoms with Gasteiger partial charge in [0.1, 0.15) is 0 Å². The van der Waals surface area contributed by atoms with E-state index in [1.807, 2.05) is 6.07 Å². The number of carbonyl (C=O) groups excluding carboxylic acids is 2. The zero-order valence-corrected chi connectivity index (χ0v) is 12.8. The largest absolute Gasteiger partial charge is 0.329 e. The van der Waals surface area contributed by atoms with Gasteiger partial charge in [0, 0.05) is 19.1 Å². The molecule has 2 aliphatic rings. The van der Waals surface area contributed by atoms with E-state index in [1.165, 1.54) is 29.7 Å². The van der Waals surface area contributed by atoms with E-state index >= 15 is 0 Å². The van der Waals surface area contributed by atoms with Crippen molar-refractivity contribution in [2.45, 2.75) is 31.7 Å². The van der Waals surface area contributed by atoms with Crippen LogP contribution in [0.2, 0.25) is 0 Å². The van der Waals surface area contributed by atoms with E-state index in [0.717, 1.165) is 6.42 Å². The predicted molar refractivity (Wildman–Crippen MR) is 84.4 cm³/mol. The maximum absolute atomic E-state index is 11.5. The van der Waals surface area contributed by atoms with Gasteiger partial charge in [0.25, 0.3) is 0 Å². The smallest absolute Gasteiger partial charge is 0.324 e. The van der Waals surface area contributed by atoms with Crippen molar-refractivity contribution in [2.75, 3.05) is 19.6 Å². The minimum Gasteiger partial charge on any atom is -0.329 e. The van der Waals surface area contributed by atoms with Gasteiger partial charge >= 0.3 is 6.03 Å². The van der Waals surface area contributed by atoms with Gasteiger partial charge in [-0.2, -0.15) is 0 Å². The zero-order valence-electron chi connectivity index (χ0n) is 12.8. The lowest BCUT2D eigenvalue weighted by Crippen LogP contribution is -2.41. The molecule has 1 saturated carbocycles. The van der Waals surface area contributed by atoms with Crippen LogP contribution in [-0.4, -0.2) is 42.5 Å². The molecule has 22 heavy (non-hydrogen) atoms. The first-order valence-corrected chi connectivity index (χ1v) is 8.09. The lowest BCUT2D eigenvalue weighted by atomic mass is 9.94. The van der Waals surface area contributed by atoms with Crippen LogP contribution in [0.1, 0.15) is 24.8 Å². The average Bonchev–Trinajstić information content (AvgIpc) is 3.09. The third-order valence-corrected chi connectivity index (χ3v) is 4.68. The molecule has 1 saturated heterocycles. The summed E-state index contributed by atoms with van der Waals surface area (Å²) in [6.07, 6.45) is 4.77. The quantitative estimate of drug-likeness (QED) is 0.784. The number of amides is 3. The summed E-state index contributed by atoms with van der Waals surface area (Å²) < 4.78 is 0. The van der Waals surface area contributed by atoms with E-state index in [2.05, 4.69) is 34.9 Å². The molecule has 5 heteroatoms. The second-order valence-electron chi connectivity index (χ2n) is 6.15. The Kier molecular flexibility index (Phi) is 4.73. The Morgan fingerprint density at radius 1 is 1.18 bits per heavy atom. The van der Waals surface area contributed by atoms with Gasteiger partial charge in [0.2, 0.25) is 5.91 Å². The molecule has 5 nitrogen and oxygen atoms in total. The first-order chi connectivity index (χ1) is 10.7. The minimum absolute atomic E-state index is 0.126. The molecule has 2 N–H and O–H groups in total. The van der Waals surface area contributed by atoms with Gasteiger partial charge in [-0.1, -0.05) is 36.8 Å². The fourth-order valence-electron chi connectivity index (χ4n) is 3.51. The predicted octanol–water partition coefficient (Wildman–Crippen LogP) is 1.54. The lowest BCUT2D eigenvalue weighted by Gasteiger charge is -2.22. The Balaban J connectivity index is 1.47. The van der Waals surface area contributed by atoms with Crippen molar-refractivity contribution in [3.8, 4) is 0 Å². The van der Waals surface area contributed by atoms with Crippen LogP contribution in [0.3, 0.4) is 0 Å². The molecular formula is C17H23N3O2. The molecule has 0 spiro atoms. The molecule has 0 aromatic heterocycles. The first kappa shape index (κ1) is 15.0. The van der Waals surface area contributed by atoms with Gasteiger partial charge < -0.3 is 10.6 Å². The monoisotopic (exact) mass is 301 g/mol. The molecule has 2 atom stereocenters. The van der Waals surface area contributed by atoms with Gasteiger partial charge in [-0.05, 0) is 30.7 Å². The molecule has 3 rings (SSSR count). The molecule has 0 unspecified atom stereocenters. The molecule has 1 aliphatic heterocycles. The number of imide groups is 1. The summed E-state index contributed by atoms with van der Waals surface area (Å²) >= 11 is 0. The van der Waals surface area contributed by atoms with E-state index in [1.54, 1.807) is 0 Å². The fraction of sp³-hybridized carbons (Fsp3) is 0.529. The summed E-state index contributed by atoms with van der Waals surface area (Å²) in [6, 6.07) is 10.8. The molecule has 2 fully saturated rings. The summed E-state index contributed by atoms with van der Waals surface area (Å²) in [7, 11) is 0. The van der Waals surface area contributed by atoms with Crippen molar-refractivity contribution in [1.29, 1.82) is 0 Å². The Bertz CT molecular complexity index is 516. The van der Waals surface area contributed by atoms with Crippen molar-refractivity contribution in [1.82, 2.24) is 15.5 Å². The number of carbonyl (C=O) groups is 2. The highest BCUT2D eigenvalue weighted by Crippen LogP contribution is 2.28. The number of hydrogen-bond donors (Lipinski definition) is 2. The number of rotatable bonds is 6. The molecule has 1 aromatic carbocycles. The summed E-state index contributed by atoms with van der Waals surface area (Å²) in [5, 5.41) is 6.09. The number of urea groups is 1. The number of nitrogens with one attached hydrogen (secondary N) is 2. The van der Waals surface area contributed by atoms with Crippen LogP contribution in [0.4, 0.5) is 4.79 Å². The molecule has 118 valence electrons. The van der Waals surface area contributed by atoms with Crippen LogP contribution < -0.4 is 10.6 Å². The van der Waals surface area contributed by atoms with Crippen molar-refractivity contribution >= 4 is 11.9 Å². The molecule has 0 bridgehead atoms. The zero-order chi connectivity index (χ0) is 15.4. The van der Waals surface area contributed by atoms with Gasteiger partial charge in [-0.25, -0.2) is 4.79 Å². The summed E-state index contributed by atoms with van der Waals surface area (Å²) in [5.41, 5.74) is 1.38. The highest BCUT2D eigenvalue weighted by atomic mass is 16.2. The normalized spacial score (nSPS) is 24.8. The van der Waals surface area contributed by atoms with Gasteiger partial charge in [0.15, 0.2) is 0 Å². The SMILES string of the molecule is O=C1CNC(=O)N1CCN[C@@H]1CCC[C@@H]1Cc1ccccc1. The Labute approximate surface area is 131 Å². The van der Waals surface area contributed by atoms with E-state index < -0.39 is 0 Å². The molecule has 1 aliphatic carbocycles. The van der Waals surface area contributed by atoms with Crippen LogP contribution in [0.15, 0.2) is 30.3 Å². The van der Waals surface area contributed by atoms with E-state index in [9.17, 15) is 9.59 Å². The third kappa shape index (κ3) is 3.47. The first-order valence-electron chi connectivity index (χ1n) is 8.09. The Morgan fingerprint density at radius 3 is 2.73 bits per heavy atom. The molecule has 1 aromatic rings. The van der Waals surface area contributed by atoms with Gasteiger partial charge in [-0.3, -0.25) is 9.69 Å². The van der Waals surface area contributed by atoms with E-state index in [0.29, 0.717) is 25.0 Å². The maximum atomic E-state index is 11.5. The minimum atomic E-state index is -0.265. The Hall–Kier alpha value is -1.88. The number of hydrogen-bond acceptors (Lipinski definition) is 3. The molecule has 0 radical (unpaired) electrons. The molecule has 3 amide bonds. The number of benzene rings is 1. The van der Waals surface area contributed by atoms with Crippen LogP contribution in [-0.2, 0) is 11.2 Å². The molecule has 1 heterocycles. The van der Waals surface area contributed by atoms with E-state index in [-0.39, 0.29) is 18.5 Å². The summed E-state index contributed by atoms with van der Waals surface area (Å²) in [4.78, 5) is 24.3. The van der Waals surface area contributed by atoms with Crippen LogP contribution in [0.5, 0.6) is 0 Å². The van der Waals surface area contributed by atoms with Crippen LogP contribution >= 0.6 is 0 Å².